The molecule has 0 amide bonds. The summed E-state index contributed by atoms with van der Waals surface area (Å²) in [6.07, 6.45) is 3.17. The number of phenolic OH excluding ortho intramolecular Hbond substituents is 2. The largest absolute Gasteiger partial charge is 0.507 e. The Kier molecular flexibility index (Phi) is 8.28. The van der Waals surface area contributed by atoms with Crippen molar-refractivity contribution in [3.63, 3.8) is 0 Å². The van der Waals surface area contributed by atoms with E-state index in [1.54, 1.807) is 12.3 Å². The summed E-state index contributed by atoms with van der Waals surface area (Å²) in [5, 5.41) is 30.6. The van der Waals surface area contributed by atoms with Crippen molar-refractivity contribution in [2.24, 2.45) is 4.99 Å². The Morgan fingerprint density at radius 2 is 1.37 bits per heavy atom. The van der Waals surface area contributed by atoms with Crippen LogP contribution in [-0.4, -0.2) is 32.6 Å². The molecule has 0 saturated heterocycles. The minimum atomic E-state index is 0. The summed E-state index contributed by atoms with van der Waals surface area (Å²) in [5.41, 5.74) is 4.68. The van der Waals surface area contributed by atoms with Crippen molar-refractivity contribution in [3.8, 4) is 11.5 Å². The molecule has 0 bridgehead atoms. The Bertz CT molecular complexity index is 1080. The van der Waals surface area contributed by atoms with Crippen LogP contribution < -0.4 is 0 Å². The molecule has 0 atom stereocenters. The Labute approximate surface area is 188 Å². The van der Waals surface area contributed by atoms with Crippen molar-refractivity contribution in [3.05, 3.63) is 94.0 Å². The van der Waals surface area contributed by atoms with Gasteiger partial charge in [0.25, 0.3) is 0 Å². The molecule has 30 heavy (non-hydrogen) atoms. The number of hydroxylamine groups is 1. The van der Waals surface area contributed by atoms with Crippen molar-refractivity contribution in [2.45, 2.75) is 26.9 Å². The van der Waals surface area contributed by atoms with Gasteiger partial charge >= 0.3 is 0 Å². The molecule has 3 aromatic carbocycles. The van der Waals surface area contributed by atoms with Gasteiger partial charge in [0.05, 0.1) is 12.1 Å². The molecule has 0 aliphatic rings. The molecule has 6 heteroatoms. The van der Waals surface area contributed by atoms with Crippen LogP contribution in [0.4, 0.5) is 0 Å². The molecule has 5 nitrogen and oxygen atoms in total. The third-order valence-corrected chi connectivity index (χ3v) is 4.77. The summed E-state index contributed by atoms with van der Waals surface area (Å²) in [5.74, 6) is 0.390. The van der Waals surface area contributed by atoms with E-state index in [0.29, 0.717) is 17.7 Å². The number of benzene rings is 3. The number of aryl methyl sites for hydroxylation is 2. The first-order valence-corrected chi connectivity index (χ1v) is 9.40. The van der Waals surface area contributed by atoms with Crippen LogP contribution in [0.15, 0.2) is 65.7 Å². The summed E-state index contributed by atoms with van der Waals surface area (Å²) in [7, 11) is 0. The van der Waals surface area contributed by atoms with Crippen molar-refractivity contribution in [1.82, 2.24) is 0 Å². The quantitative estimate of drug-likeness (QED) is 0.231. The summed E-state index contributed by atoms with van der Waals surface area (Å²) in [4.78, 5) is 4.46. The van der Waals surface area contributed by atoms with Crippen molar-refractivity contribution < 1.29 is 38.7 Å². The average molecular weight is 440 g/mol. The maximum atomic E-state index is 10.4. The predicted molar refractivity (Wildman–Crippen MR) is 114 cm³/mol. The van der Waals surface area contributed by atoms with Gasteiger partial charge in [0.15, 0.2) is 0 Å². The second-order valence-corrected chi connectivity index (χ2v) is 6.99. The molecule has 3 rings (SSSR count). The molecular weight excluding hydrogens is 415 g/mol. The van der Waals surface area contributed by atoms with Gasteiger partial charge in [0.1, 0.15) is 11.5 Å². The van der Waals surface area contributed by atoms with Crippen LogP contribution in [0.1, 0.15) is 33.4 Å². The molecule has 153 valence electrons. The first-order chi connectivity index (χ1) is 14.0. The molecule has 0 aliphatic carbocycles. The smallest absolute Gasteiger partial charge is 0.226 e. The predicted octanol–water partition coefficient (Wildman–Crippen LogP) is 4.35. The molecule has 0 fully saturated rings. The first kappa shape index (κ1) is 23.3. The van der Waals surface area contributed by atoms with E-state index in [-0.39, 0.29) is 36.6 Å². The number of hydrogen-bond acceptors (Lipinski definition) is 4. The Morgan fingerprint density at radius 1 is 0.800 bits per heavy atom. The molecule has 1 radical (unpaired) electrons. The van der Waals surface area contributed by atoms with Crippen LogP contribution in [0.5, 0.6) is 11.5 Å². The van der Waals surface area contributed by atoms with Gasteiger partial charge in [0, 0.05) is 35.9 Å². The second kappa shape index (κ2) is 10.7. The van der Waals surface area contributed by atoms with Gasteiger partial charge in [-0.2, -0.15) is 0 Å². The zero-order valence-corrected chi connectivity index (χ0v) is 18.4. The minimum Gasteiger partial charge on any atom is -0.507 e. The van der Waals surface area contributed by atoms with Crippen LogP contribution in [0, 0.1) is 13.8 Å². The fourth-order valence-corrected chi connectivity index (χ4v) is 3.06. The standard InChI is InChI=1S/C24H24N2O3.V/c1-17-7-5-11-20(23(17)27)14-25-13-19-9-3-4-10-21(19)15-26(29)16-22-12-6-8-18(2)24(22)28;/h3-12,14,16,29H,13,15H2,1-2H3,(H,25,27);/p+1. The van der Waals surface area contributed by atoms with Crippen LogP contribution in [-0.2, 0) is 31.6 Å². The third kappa shape index (κ3) is 5.75. The molecule has 0 saturated carbocycles. The monoisotopic (exact) mass is 440 g/mol. The molecule has 0 unspecified atom stereocenters. The topological polar surface area (TPSA) is 76.1 Å². The zero-order valence-electron chi connectivity index (χ0n) is 17.0. The van der Waals surface area contributed by atoms with Crippen LogP contribution in [0.3, 0.4) is 0 Å². The van der Waals surface area contributed by atoms with Gasteiger partial charge in [-0.05, 0) is 47.4 Å². The molecule has 0 spiro atoms. The van der Waals surface area contributed by atoms with Crippen LogP contribution in [0.25, 0.3) is 0 Å². The Morgan fingerprint density at radius 3 is 2.03 bits per heavy atom. The summed E-state index contributed by atoms with van der Waals surface area (Å²) < 4.78 is 1.06. The van der Waals surface area contributed by atoms with E-state index in [2.05, 4.69) is 4.99 Å². The van der Waals surface area contributed by atoms with Crippen LogP contribution >= 0.6 is 0 Å². The molecule has 0 aromatic heterocycles. The van der Waals surface area contributed by atoms with E-state index < -0.39 is 0 Å². The summed E-state index contributed by atoms with van der Waals surface area (Å²) in [6.45, 7) is 4.34. The van der Waals surface area contributed by atoms with Gasteiger partial charge in [-0.3, -0.25) is 10.2 Å². The molecule has 0 heterocycles. The van der Waals surface area contributed by atoms with Gasteiger partial charge < -0.3 is 10.2 Å². The molecular formula is C24H25N2O3V+. The fourth-order valence-electron chi connectivity index (χ4n) is 3.06. The van der Waals surface area contributed by atoms with E-state index in [1.807, 2.05) is 68.4 Å². The number of aliphatic imine (C=N–C) groups is 1. The van der Waals surface area contributed by atoms with Crippen LogP contribution in [0.2, 0.25) is 0 Å². The second-order valence-electron chi connectivity index (χ2n) is 6.99. The number of rotatable bonds is 6. The first-order valence-electron chi connectivity index (χ1n) is 9.40. The van der Waals surface area contributed by atoms with Gasteiger partial charge in [-0.25, -0.2) is 0 Å². The molecule has 3 aromatic rings. The van der Waals surface area contributed by atoms with Gasteiger partial charge in [-0.15, -0.1) is 0 Å². The number of phenols is 2. The minimum absolute atomic E-state index is 0. The summed E-state index contributed by atoms with van der Waals surface area (Å²) in [6, 6.07) is 18.7. The molecule has 3 N–H and O–H groups in total. The molecule has 0 aliphatic heterocycles. The number of aromatic hydroxyl groups is 2. The summed E-state index contributed by atoms with van der Waals surface area (Å²) >= 11 is 0. The fraction of sp³-hybridized carbons (Fsp3) is 0.167. The average Bonchev–Trinajstić information content (AvgIpc) is 2.70. The zero-order chi connectivity index (χ0) is 20.8. The Hall–Kier alpha value is -3.02. The third-order valence-electron chi connectivity index (χ3n) is 4.77. The van der Waals surface area contributed by atoms with Gasteiger partial charge in [-0.1, -0.05) is 48.5 Å². The number of nitrogens with zero attached hydrogens (tertiary/aromatic N) is 2. The van der Waals surface area contributed by atoms with E-state index in [4.69, 9.17) is 0 Å². The van der Waals surface area contributed by atoms with Gasteiger partial charge in [0.2, 0.25) is 12.8 Å². The van der Waals surface area contributed by atoms with E-state index in [9.17, 15) is 15.4 Å². The van der Waals surface area contributed by atoms with Crippen molar-refractivity contribution in [1.29, 1.82) is 0 Å². The van der Waals surface area contributed by atoms with E-state index >= 15 is 0 Å². The Balaban J connectivity index is 0.00000320. The SMILES string of the molecule is Cc1cccc(C=NCc2ccccc2C/[N+](O)=C/c2cccc(C)c2O)c1O.[V]. The maximum absolute atomic E-state index is 10.4. The number of para-hydroxylation sites is 2. The normalized spacial score (nSPS) is 11.5. The van der Waals surface area contributed by atoms with Crippen molar-refractivity contribution in [2.75, 3.05) is 0 Å². The van der Waals surface area contributed by atoms with Crippen molar-refractivity contribution >= 4 is 12.4 Å². The van der Waals surface area contributed by atoms with E-state index in [1.165, 1.54) is 6.21 Å². The maximum Gasteiger partial charge on any atom is 0.226 e. The number of hydrogen-bond donors (Lipinski definition) is 3. The van der Waals surface area contributed by atoms with E-state index in [0.717, 1.165) is 27.0 Å².